The molecule has 3 aromatic carbocycles. The summed E-state index contributed by atoms with van der Waals surface area (Å²) in [6.45, 7) is 5.69. The topological polar surface area (TPSA) is 100 Å². The number of aromatic nitrogens is 1. The molecule has 4 aromatic rings. The number of carbonyl (C=O) groups is 3. The monoisotopic (exact) mass is 556 g/mol. The van der Waals surface area contributed by atoms with Gasteiger partial charge in [-0.05, 0) is 68.8 Å². The van der Waals surface area contributed by atoms with Gasteiger partial charge in [0, 0.05) is 21.5 Å². The van der Waals surface area contributed by atoms with E-state index in [0.717, 1.165) is 21.7 Å². The molecule has 0 saturated carbocycles. The third kappa shape index (κ3) is 8.13. The molecular weight excluding hydrogens is 528 g/mol. The first-order valence-electron chi connectivity index (χ1n) is 12.2. The SMILES string of the molecule is Cc1ccc(/C=C(\NC(=O)c2ccccc2)C(=O)Nc2ccc(SC(C)C(=O)Nc3nc(C)cs3)cc2)cc1. The van der Waals surface area contributed by atoms with Gasteiger partial charge in [-0.2, -0.15) is 0 Å². The highest BCUT2D eigenvalue weighted by molar-refractivity contribution is 8.00. The van der Waals surface area contributed by atoms with Crippen LogP contribution in [0.3, 0.4) is 0 Å². The largest absolute Gasteiger partial charge is 0.321 e. The lowest BCUT2D eigenvalue weighted by Crippen LogP contribution is -2.30. The van der Waals surface area contributed by atoms with Crippen molar-refractivity contribution in [1.29, 1.82) is 0 Å². The number of carbonyl (C=O) groups excluding carboxylic acids is 3. The fraction of sp³-hybridized carbons (Fsp3) is 0.133. The lowest BCUT2D eigenvalue weighted by Gasteiger charge is -2.13. The van der Waals surface area contributed by atoms with Crippen molar-refractivity contribution in [1.82, 2.24) is 10.3 Å². The van der Waals surface area contributed by atoms with E-state index in [9.17, 15) is 14.4 Å². The molecule has 0 radical (unpaired) electrons. The van der Waals surface area contributed by atoms with Crippen LogP contribution < -0.4 is 16.0 Å². The second kappa shape index (κ2) is 13.0. The quantitative estimate of drug-likeness (QED) is 0.166. The molecule has 9 heteroatoms. The van der Waals surface area contributed by atoms with Crippen molar-refractivity contribution in [3.8, 4) is 0 Å². The van der Waals surface area contributed by atoms with Crippen molar-refractivity contribution in [2.75, 3.05) is 10.6 Å². The van der Waals surface area contributed by atoms with Gasteiger partial charge in [0.1, 0.15) is 5.70 Å². The van der Waals surface area contributed by atoms with Gasteiger partial charge in [0.25, 0.3) is 11.8 Å². The number of hydrogen-bond acceptors (Lipinski definition) is 6. The standard InChI is InChI=1S/C30H28N4O3S2/c1-19-9-11-22(12-10-19)17-26(33-28(36)23-7-5-4-6-8-23)29(37)32-24-13-15-25(16-14-24)39-21(3)27(35)34-30-31-20(2)18-38-30/h4-18,21H,1-3H3,(H,32,37)(H,33,36)(H,31,34,35)/b26-17-. The number of anilines is 2. The van der Waals surface area contributed by atoms with Crippen LogP contribution in [0.15, 0.2) is 94.8 Å². The average Bonchev–Trinajstić information content (AvgIpc) is 3.35. The number of thiazole rings is 1. The maximum atomic E-state index is 13.2. The number of amides is 3. The smallest absolute Gasteiger partial charge is 0.272 e. The highest BCUT2D eigenvalue weighted by atomic mass is 32.2. The lowest BCUT2D eigenvalue weighted by atomic mass is 10.1. The zero-order chi connectivity index (χ0) is 27.8. The molecule has 1 atom stereocenters. The first-order valence-corrected chi connectivity index (χ1v) is 14.0. The van der Waals surface area contributed by atoms with Gasteiger partial charge < -0.3 is 16.0 Å². The van der Waals surface area contributed by atoms with E-state index in [4.69, 9.17) is 0 Å². The van der Waals surface area contributed by atoms with Crippen LogP contribution in [0, 0.1) is 13.8 Å². The van der Waals surface area contributed by atoms with E-state index in [0.29, 0.717) is 16.4 Å². The Labute approximate surface area is 235 Å². The average molecular weight is 557 g/mol. The maximum absolute atomic E-state index is 13.2. The number of thioether (sulfide) groups is 1. The maximum Gasteiger partial charge on any atom is 0.272 e. The van der Waals surface area contributed by atoms with Crippen LogP contribution in [-0.4, -0.2) is 28.0 Å². The van der Waals surface area contributed by atoms with Gasteiger partial charge in [0.05, 0.1) is 10.9 Å². The van der Waals surface area contributed by atoms with Gasteiger partial charge >= 0.3 is 0 Å². The fourth-order valence-electron chi connectivity index (χ4n) is 3.46. The van der Waals surface area contributed by atoms with E-state index < -0.39 is 5.91 Å². The minimum atomic E-state index is -0.452. The van der Waals surface area contributed by atoms with E-state index >= 15 is 0 Å². The lowest BCUT2D eigenvalue weighted by molar-refractivity contribution is -0.115. The van der Waals surface area contributed by atoms with Gasteiger partial charge in [0.2, 0.25) is 5.91 Å². The van der Waals surface area contributed by atoms with Crippen LogP contribution in [0.1, 0.15) is 34.1 Å². The van der Waals surface area contributed by atoms with Gasteiger partial charge in [-0.1, -0.05) is 48.0 Å². The van der Waals surface area contributed by atoms with E-state index in [1.54, 1.807) is 42.5 Å². The van der Waals surface area contributed by atoms with Crippen molar-refractivity contribution in [2.24, 2.45) is 0 Å². The molecule has 0 bridgehead atoms. The van der Waals surface area contributed by atoms with Gasteiger partial charge in [-0.15, -0.1) is 23.1 Å². The van der Waals surface area contributed by atoms with Crippen LogP contribution in [0.25, 0.3) is 6.08 Å². The third-order valence-corrected chi connectivity index (χ3v) is 7.55. The van der Waals surface area contributed by atoms with Crippen LogP contribution in [0.2, 0.25) is 0 Å². The van der Waals surface area contributed by atoms with Crippen molar-refractivity contribution in [3.63, 3.8) is 0 Å². The predicted octanol–water partition coefficient (Wildman–Crippen LogP) is 6.29. The van der Waals surface area contributed by atoms with Crippen LogP contribution in [-0.2, 0) is 9.59 Å². The second-order valence-corrected chi connectivity index (χ2v) is 11.1. The summed E-state index contributed by atoms with van der Waals surface area (Å²) in [5.41, 5.74) is 3.87. The van der Waals surface area contributed by atoms with Gasteiger partial charge in [0.15, 0.2) is 5.13 Å². The van der Waals surface area contributed by atoms with E-state index in [1.807, 2.05) is 68.6 Å². The summed E-state index contributed by atoms with van der Waals surface area (Å²) in [7, 11) is 0. The summed E-state index contributed by atoms with van der Waals surface area (Å²) in [5, 5.41) is 10.6. The minimum Gasteiger partial charge on any atom is -0.321 e. The highest BCUT2D eigenvalue weighted by Crippen LogP contribution is 2.26. The number of nitrogens with zero attached hydrogens (tertiary/aromatic N) is 1. The molecule has 0 aliphatic heterocycles. The summed E-state index contributed by atoms with van der Waals surface area (Å²) in [4.78, 5) is 43.7. The number of nitrogens with one attached hydrogen (secondary N) is 3. The minimum absolute atomic E-state index is 0.119. The Bertz CT molecular complexity index is 1480. The van der Waals surface area contributed by atoms with Crippen LogP contribution in [0.4, 0.5) is 10.8 Å². The van der Waals surface area contributed by atoms with E-state index in [2.05, 4.69) is 20.9 Å². The molecular formula is C30H28N4O3S2. The summed E-state index contributed by atoms with van der Waals surface area (Å²) in [6.07, 6.45) is 1.64. The van der Waals surface area contributed by atoms with Crippen molar-refractivity contribution in [3.05, 3.63) is 112 Å². The predicted molar refractivity (Wildman–Crippen MR) is 159 cm³/mol. The Morgan fingerprint density at radius 3 is 2.23 bits per heavy atom. The van der Waals surface area contributed by atoms with Gasteiger partial charge in [-0.25, -0.2) is 4.98 Å². The Morgan fingerprint density at radius 2 is 1.59 bits per heavy atom. The van der Waals surface area contributed by atoms with Crippen molar-refractivity contribution in [2.45, 2.75) is 30.9 Å². The van der Waals surface area contributed by atoms with E-state index in [-0.39, 0.29) is 22.8 Å². The first-order chi connectivity index (χ1) is 18.8. The molecule has 0 aliphatic carbocycles. The van der Waals surface area contributed by atoms with Crippen molar-refractivity contribution >= 4 is 57.7 Å². The molecule has 39 heavy (non-hydrogen) atoms. The zero-order valence-corrected chi connectivity index (χ0v) is 23.4. The zero-order valence-electron chi connectivity index (χ0n) is 21.7. The Morgan fingerprint density at radius 1 is 0.897 bits per heavy atom. The summed E-state index contributed by atoms with van der Waals surface area (Å²) >= 11 is 2.80. The van der Waals surface area contributed by atoms with Crippen molar-refractivity contribution < 1.29 is 14.4 Å². The fourth-order valence-corrected chi connectivity index (χ4v) is 5.02. The Hall–Kier alpha value is -4.21. The second-order valence-electron chi connectivity index (χ2n) is 8.81. The number of benzene rings is 3. The molecule has 3 amide bonds. The summed E-state index contributed by atoms with van der Waals surface area (Å²) in [6, 6.07) is 23.6. The molecule has 0 spiro atoms. The molecule has 4 rings (SSSR count). The molecule has 7 nitrogen and oxygen atoms in total. The highest BCUT2D eigenvalue weighted by Gasteiger charge is 2.17. The number of aryl methyl sites for hydroxylation is 2. The number of hydrogen-bond donors (Lipinski definition) is 3. The molecule has 1 unspecified atom stereocenters. The Balaban J connectivity index is 1.43. The molecule has 1 heterocycles. The molecule has 1 aromatic heterocycles. The number of rotatable bonds is 9. The molecule has 0 aliphatic rings. The van der Waals surface area contributed by atoms with Crippen LogP contribution >= 0.6 is 23.1 Å². The molecule has 3 N–H and O–H groups in total. The van der Waals surface area contributed by atoms with Crippen LogP contribution in [0.5, 0.6) is 0 Å². The summed E-state index contributed by atoms with van der Waals surface area (Å²) < 4.78 is 0. The summed E-state index contributed by atoms with van der Waals surface area (Å²) in [5.74, 6) is -0.963. The third-order valence-electron chi connectivity index (χ3n) is 5.56. The Kier molecular flexibility index (Phi) is 9.30. The molecule has 0 fully saturated rings. The molecule has 0 saturated heterocycles. The van der Waals surface area contributed by atoms with Gasteiger partial charge in [-0.3, -0.25) is 14.4 Å². The normalized spacial score (nSPS) is 11.9. The molecule has 198 valence electrons. The first kappa shape index (κ1) is 27.8. The van der Waals surface area contributed by atoms with E-state index in [1.165, 1.54) is 23.1 Å².